The number of ether oxygens (including phenoxy) is 1. The average molecular weight is 546 g/mol. The number of halogens is 1. The van der Waals surface area contributed by atoms with E-state index in [1.54, 1.807) is 6.07 Å². The van der Waals surface area contributed by atoms with Crippen molar-refractivity contribution < 1.29 is 19.0 Å². The second-order valence-corrected chi connectivity index (χ2v) is 11.1. The number of hydrogen-bond donors (Lipinski definition) is 2. The number of pyridine rings is 1. The fourth-order valence-corrected chi connectivity index (χ4v) is 5.78. The molecule has 2 saturated heterocycles. The maximum absolute atomic E-state index is 15.1. The number of aliphatic hydroxyl groups is 1. The topological polar surface area (TPSA) is 74.7 Å². The maximum atomic E-state index is 15.1. The van der Waals surface area contributed by atoms with E-state index in [1.165, 1.54) is 0 Å². The molecule has 7 heteroatoms. The first-order chi connectivity index (χ1) is 19.4. The van der Waals surface area contributed by atoms with E-state index in [0.29, 0.717) is 12.3 Å². The van der Waals surface area contributed by atoms with Crippen LogP contribution < -0.4 is 5.32 Å². The van der Waals surface area contributed by atoms with Gasteiger partial charge < -0.3 is 20.1 Å². The van der Waals surface area contributed by atoms with Crippen molar-refractivity contribution in [3.63, 3.8) is 0 Å². The number of carbonyl (C=O) groups is 1. The Hall–Kier alpha value is -3.29. The van der Waals surface area contributed by atoms with Gasteiger partial charge in [0, 0.05) is 35.8 Å². The summed E-state index contributed by atoms with van der Waals surface area (Å²) < 4.78 is 20.7. The number of aromatic nitrogens is 1. The molecule has 40 heavy (non-hydrogen) atoms. The third-order valence-corrected chi connectivity index (χ3v) is 8.06. The molecule has 3 heterocycles. The number of benzene rings is 1. The van der Waals surface area contributed by atoms with Gasteiger partial charge in [0.15, 0.2) is 0 Å². The Morgan fingerprint density at radius 2 is 2.02 bits per heavy atom. The molecule has 2 aliphatic heterocycles. The predicted molar refractivity (Wildman–Crippen MR) is 156 cm³/mol. The van der Waals surface area contributed by atoms with Gasteiger partial charge in [0.25, 0.3) is 5.91 Å². The zero-order valence-electron chi connectivity index (χ0n) is 23.5. The van der Waals surface area contributed by atoms with Crippen molar-refractivity contribution in [2.24, 2.45) is 0 Å². The van der Waals surface area contributed by atoms with Crippen LogP contribution in [0.2, 0.25) is 0 Å². The summed E-state index contributed by atoms with van der Waals surface area (Å²) in [4.78, 5) is 19.4. The van der Waals surface area contributed by atoms with Gasteiger partial charge in [-0.05, 0) is 62.3 Å². The summed E-state index contributed by atoms with van der Waals surface area (Å²) in [5, 5.41) is 12.9. The largest absolute Gasteiger partial charge is 0.394 e. The Kier molecular flexibility index (Phi) is 9.12. The number of nitrogens with zero attached hydrogens (tertiary/aromatic N) is 2. The van der Waals surface area contributed by atoms with Crippen molar-refractivity contribution in [3.05, 3.63) is 82.5 Å². The van der Waals surface area contributed by atoms with E-state index in [9.17, 15) is 9.90 Å². The average Bonchev–Trinajstić information content (AvgIpc) is 3.67. The molecular formula is C33H40FN3O3. The highest BCUT2D eigenvalue weighted by atomic mass is 19.1. The quantitative estimate of drug-likeness (QED) is 0.425. The van der Waals surface area contributed by atoms with Gasteiger partial charge in [-0.15, -0.1) is 0 Å². The van der Waals surface area contributed by atoms with Crippen LogP contribution in [0.3, 0.4) is 0 Å². The third-order valence-electron chi connectivity index (χ3n) is 8.06. The van der Waals surface area contributed by atoms with Crippen LogP contribution in [0.15, 0.2) is 59.8 Å². The predicted octanol–water partition coefficient (Wildman–Crippen LogP) is 5.67. The first kappa shape index (κ1) is 28.2. The number of nitrogens with one attached hydrogen (secondary N) is 1. The molecule has 2 N–H and O–H groups in total. The number of allylic oxidation sites excluding steroid dienone is 3. The number of amides is 1. The van der Waals surface area contributed by atoms with E-state index in [-0.39, 0.29) is 36.4 Å². The summed E-state index contributed by atoms with van der Waals surface area (Å²) >= 11 is 0. The van der Waals surface area contributed by atoms with E-state index < -0.39 is 0 Å². The van der Waals surface area contributed by atoms with E-state index in [0.717, 1.165) is 85.3 Å². The van der Waals surface area contributed by atoms with Crippen molar-refractivity contribution in [2.45, 2.75) is 70.4 Å². The highest BCUT2D eigenvalue weighted by Gasteiger charge is 2.25. The van der Waals surface area contributed by atoms with Crippen molar-refractivity contribution in [1.82, 2.24) is 15.2 Å². The second-order valence-electron chi connectivity index (χ2n) is 11.1. The van der Waals surface area contributed by atoms with Gasteiger partial charge in [-0.25, -0.2) is 9.37 Å². The lowest BCUT2D eigenvalue weighted by molar-refractivity contribution is -0.125. The first-order valence-corrected chi connectivity index (χ1v) is 14.6. The van der Waals surface area contributed by atoms with Crippen LogP contribution in [-0.4, -0.2) is 59.3 Å². The number of carbonyl (C=O) groups excluding carboxylic acids is 1. The Balaban J connectivity index is 1.30. The van der Waals surface area contributed by atoms with E-state index in [2.05, 4.69) is 18.3 Å². The molecule has 1 amide bonds. The van der Waals surface area contributed by atoms with Gasteiger partial charge in [0.1, 0.15) is 11.5 Å². The van der Waals surface area contributed by atoms with Gasteiger partial charge in [-0.1, -0.05) is 55.8 Å². The van der Waals surface area contributed by atoms with Crippen LogP contribution in [0, 0.1) is 12.7 Å². The van der Waals surface area contributed by atoms with Crippen molar-refractivity contribution in [2.75, 3.05) is 26.3 Å². The molecule has 1 aromatic carbocycles. The SMILES string of the molecule is CCC/C(=C\c1nc(-c2ccc(C3C=CC(C(=O)N4CCCC4)=CC3)cc2)c(F)cc1C)NC1COC(CO)C1. The molecule has 2 fully saturated rings. The lowest BCUT2D eigenvalue weighted by Gasteiger charge is -2.20. The number of likely N-dealkylation sites (tertiary alicyclic amines) is 1. The second kappa shape index (κ2) is 12.9. The summed E-state index contributed by atoms with van der Waals surface area (Å²) in [7, 11) is 0. The van der Waals surface area contributed by atoms with E-state index in [4.69, 9.17) is 9.72 Å². The molecule has 1 aromatic heterocycles. The number of rotatable bonds is 9. The van der Waals surface area contributed by atoms with Crippen molar-refractivity contribution in [3.8, 4) is 11.3 Å². The maximum Gasteiger partial charge on any atom is 0.253 e. The van der Waals surface area contributed by atoms with Crippen molar-refractivity contribution >= 4 is 12.0 Å². The van der Waals surface area contributed by atoms with Gasteiger partial charge >= 0.3 is 0 Å². The third kappa shape index (κ3) is 6.53. The monoisotopic (exact) mass is 545 g/mol. The van der Waals surface area contributed by atoms with Crippen LogP contribution in [0.5, 0.6) is 0 Å². The Bertz CT molecular complexity index is 1290. The van der Waals surface area contributed by atoms with Crippen LogP contribution >= 0.6 is 0 Å². The number of aryl methyl sites for hydroxylation is 1. The smallest absolute Gasteiger partial charge is 0.253 e. The molecule has 3 unspecified atom stereocenters. The molecule has 1 aliphatic carbocycles. The minimum absolute atomic E-state index is 0.0268. The van der Waals surface area contributed by atoms with Crippen LogP contribution in [0.1, 0.15) is 68.2 Å². The van der Waals surface area contributed by atoms with Gasteiger partial charge in [-0.3, -0.25) is 4.79 Å². The molecule has 0 radical (unpaired) electrons. The first-order valence-electron chi connectivity index (χ1n) is 14.6. The Labute approximate surface area is 236 Å². The standard InChI is InChI=1S/C33H40FN3O3/c1-3-6-27(35-28-18-29(20-38)40-21-28)19-31-22(2)17-30(34)32(36-31)25-11-7-23(8-12-25)24-9-13-26(14-10-24)33(39)37-15-4-5-16-37/h7-9,11-14,17,19,24,28-29,35,38H,3-6,10,15-16,18,20-21H2,1-2H3/b27-19+. The summed E-state index contributed by atoms with van der Waals surface area (Å²) in [5.41, 5.74) is 5.54. The van der Waals surface area contributed by atoms with Gasteiger partial charge in [0.2, 0.25) is 0 Å². The normalized spacial score (nSPS) is 23.0. The molecule has 5 rings (SSSR count). The lowest BCUT2D eigenvalue weighted by Crippen LogP contribution is -2.29. The van der Waals surface area contributed by atoms with E-state index >= 15 is 4.39 Å². The van der Waals surface area contributed by atoms with E-state index in [1.807, 2.05) is 54.3 Å². The highest BCUT2D eigenvalue weighted by molar-refractivity contribution is 5.96. The molecule has 0 bridgehead atoms. The van der Waals surface area contributed by atoms with Gasteiger partial charge in [-0.2, -0.15) is 0 Å². The summed E-state index contributed by atoms with van der Waals surface area (Å²) in [6.07, 6.45) is 13.5. The summed E-state index contributed by atoms with van der Waals surface area (Å²) in [6, 6.07) is 9.62. The zero-order chi connectivity index (χ0) is 28.1. The molecule has 2 aromatic rings. The van der Waals surface area contributed by atoms with Crippen molar-refractivity contribution in [1.29, 1.82) is 0 Å². The lowest BCUT2D eigenvalue weighted by atomic mass is 9.89. The fraction of sp³-hybridized carbons (Fsp3) is 0.455. The summed E-state index contributed by atoms with van der Waals surface area (Å²) in [5.74, 6) is -0.0179. The molecule has 3 atom stereocenters. The molecule has 212 valence electrons. The zero-order valence-corrected chi connectivity index (χ0v) is 23.5. The fourth-order valence-electron chi connectivity index (χ4n) is 5.78. The molecule has 3 aliphatic rings. The minimum Gasteiger partial charge on any atom is -0.394 e. The Morgan fingerprint density at radius 1 is 1.25 bits per heavy atom. The number of aliphatic hydroxyl groups excluding tert-OH is 1. The minimum atomic E-state index is -0.340. The molecule has 0 spiro atoms. The van der Waals surface area contributed by atoms with Gasteiger partial charge in [0.05, 0.1) is 31.1 Å². The number of hydrogen-bond acceptors (Lipinski definition) is 5. The van der Waals surface area contributed by atoms with Crippen LogP contribution in [0.4, 0.5) is 4.39 Å². The highest BCUT2D eigenvalue weighted by Crippen LogP contribution is 2.31. The molecular weight excluding hydrogens is 505 g/mol. The molecule has 6 nitrogen and oxygen atoms in total. The molecule has 0 saturated carbocycles. The van der Waals surface area contributed by atoms with Crippen LogP contribution in [0.25, 0.3) is 17.3 Å². The Morgan fingerprint density at radius 3 is 2.67 bits per heavy atom. The van der Waals surface area contributed by atoms with Crippen LogP contribution in [-0.2, 0) is 9.53 Å². The summed E-state index contributed by atoms with van der Waals surface area (Å²) in [6.45, 7) is 6.30.